The van der Waals surface area contributed by atoms with Crippen molar-refractivity contribution >= 4 is 12.1 Å². The second kappa shape index (κ2) is 7.41. The van der Waals surface area contributed by atoms with Crippen molar-refractivity contribution in [3.63, 3.8) is 0 Å². The van der Waals surface area contributed by atoms with E-state index in [1.165, 1.54) is 16.0 Å². The van der Waals surface area contributed by atoms with Crippen LogP contribution in [-0.4, -0.2) is 42.5 Å². The van der Waals surface area contributed by atoms with Gasteiger partial charge in [0.25, 0.3) is 0 Å². The molecule has 0 aliphatic carbocycles. The second-order valence-electron chi connectivity index (χ2n) is 6.79. The molecule has 0 unspecified atom stereocenters. The van der Waals surface area contributed by atoms with Gasteiger partial charge < -0.3 is 15.4 Å². The van der Waals surface area contributed by atoms with E-state index in [0.29, 0.717) is 26.1 Å². The zero-order valence-corrected chi connectivity index (χ0v) is 15.0. The molecule has 2 aliphatic heterocycles. The number of hydrogen-bond donors (Lipinski definition) is 3. The Kier molecular flexibility index (Phi) is 5.24. The molecule has 1 aromatic rings. The fourth-order valence-corrected chi connectivity index (χ4v) is 3.52. The number of benzene rings is 1. The molecule has 1 aromatic carbocycles. The predicted octanol–water partition coefficient (Wildman–Crippen LogP) is 2.15. The third-order valence-electron chi connectivity index (χ3n) is 4.84. The molecular formula is C18H26N4O3. The molecule has 0 saturated carbocycles. The fraction of sp³-hybridized carbons (Fsp3) is 0.556. The maximum Gasteiger partial charge on any atom is 0.328 e. The number of carbonyl (C=O) groups is 2. The van der Waals surface area contributed by atoms with Crippen molar-refractivity contribution in [3.8, 4) is 0 Å². The molecular weight excluding hydrogens is 320 g/mol. The molecule has 0 bridgehead atoms. The molecule has 2 heterocycles. The second-order valence-corrected chi connectivity index (χ2v) is 6.79. The van der Waals surface area contributed by atoms with Crippen LogP contribution in [0.1, 0.15) is 42.5 Å². The van der Waals surface area contributed by atoms with Crippen LogP contribution in [0.4, 0.5) is 9.59 Å². The molecule has 7 heteroatoms. The minimum atomic E-state index is -0.591. The lowest BCUT2D eigenvalue weighted by Gasteiger charge is -2.39. The van der Waals surface area contributed by atoms with E-state index < -0.39 is 6.29 Å². The van der Waals surface area contributed by atoms with E-state index in [1.807, 2.05) is 6.92 Å². The lowest BCUT2D eigenvalue weighted by atomic mass is 10.0. The van der Waals surface area contributed by atoms with E-state index in [4.69, 9.17) is 4.74 Å². The minimum absolute atomic E-state index is 0.0131. The molecule has 3 rings (SSSR count). The van der Waals surface area contributed by atoms with Crippen molar-refractivity contribution < 1.29 is 14.3 Å². The van der Waals surface area contributed by atoms with Crippen molar-refractivity contribution in [3.05, 3.63) is 34.9 Å². The number of ether oxygens (including phenoxy) is 1. The zero-order chi connectivity index (χ0) is 18.0. The van der Waals surface area contributed by atoms with E-state index in [9.17, 15) is 9.59 Å². The largest absolute Gasteiger partial charge is 0.381 e. The van der Waals surface area contributed by atoms with Crippen molar-refractivity contribution in [2.24, 2.45) is 0 Å². The number of imide groups is 1. The lowest BCUT2D eigenvalue weighted by Crippen LogP contribution is -2.70. The number of nitrogens with zero attached hydrogens (tertiary/aromatic N) is 1. The van der Waals surface area contributed by atoms with Gasteiger partial charge in [0.05, 0.1) is 0 Å². The number of amides is 4. The Hall–Kier alpha value is -2.12. The monoisotopic (exact) mass is 346 g/mol. The fourth-order valence-electron chi connectivity index (χ4n) is 3.52. The van der Waals surface area contributed by atoms with Crippen molar-refractivity contribution in [2.45, 2.75) is 52.0 Å². The predicted molar refractivity (Wildman–Crippen MR) is 94.0 cm³/mol. The number of carbonyl (C=O) groups excluding carboxylic acids is 2. The van der Waals surface area contributed by atoms with Crippen LogP contribution < -0.4 is 16.0 Å². The van der Waals surface area contributed by atoms with Gasteiger partial charge in [-0.2, -0.15) is 0 Å². The topological polar surface area (TPSA) is 82.7 Å². The number of rotatable bonds is 4. The van der Waals surface area contributed by atoms with E-state index in [2.05, 4.69) is 48.0 Å². The summed E-state index contributed by atoms with van der Waals surface area (Å²) in [4.78, 5) is 26.1. The van der Waals surface area contributed by atoms with Gasteiger partial charge in [-0.15, -0.1) is 0 Å². The van der Waals surface area contributed by atoms with Crippen molar-refractivity contribution in [1.29, 1.82) is 0 Å². The summed E-state index contributed by atoms with van der Waals surface area (Å²) in [6.45, 7) is 7.29. The third kappa shape index (κ3) is 3.93. The molecule has 1 atom stereocenters. The van der Waals surface area contributed by atoms with Gasteiger partial charge in [0.1, 0.15) is 0 Å². The first-order valence-corrected chi connectivity index (χ1v) is 8.77. The van der Waals surface area contributed by atoms with Gasteiger partial charge in [-0.25, -0.2) is 14.5 Å². The summed E-state index contributed by atoms with van der Waals surface area (Å²) in [7, 11) is 0. The van der Waals surface area contributed by atoms with Gasteiger partial charge in [-0.3, -0.25) is 5.32 Å². The Labute approximate surface area is 148 Å². The lowest BCUT2D eigenvalue weighted by molar-refractivity contribution is 0.0492. The highest BCUT2D eigenvalue weighted by molar-refractivity contribution is 5.96. The molecule has 0 aromatic heterocycles. The number of urea groups is 2. The first kappa shape index (κ1) is 17.7. The Morgan fingerprint density at radius 3 is 2.40 bits per heavy atom. The molecule has 3 N–H and O–H groups in total. The highest BCUT2D eigenvalue weighted by Gasteiger charge is 2.37. The number of aryl methyl sites for hydroxylation is 2. The van der Waals surface area contributed by atoms with Gasteiger partial charge in [-0.1, -0.05) is 23.8 Å². The first-order chi connectivity index (χ1) is 12.0. The molecule has 2 fully saturated rings. The minimum Gasteiger partial charge on any atom is -0.381 e. The van der Waals surface area contributed by atoms with E-state index in [1.54, 1.807) is 0 Å². The quantitative estimate of drug-likeness (QED) is 0.780. The van der Waals surface area contributed by atoms with Crippen LogP contribution in [0.2, 0.25) is 0 Å². The van der Waals surface area contributed by atoms with E-state index in [-0.39, 0.29) is 24.1 Å². The molecule has 2 aliphatic rings. The first-order valence-electron chi connectivity index (χ1n) is 8.77. The van der Waals surface area contributed by atoms with Gasteiger partial charge in [-0.05, 0) is 44.7 Å². The molecule has 136 valence electrons. The molecule has 7 nitrogen and oxygen atoms in total. The molecule has 0 radical (unpaired) electrons. The van der Waals surface area contributed by atoms with Crippen LogP contribution in [0.25, 0.3) is 0 Å². The Balaban J connectivity index is 1.63. The van der Waals surface area contributed by atoms with Crippen LogP contribution >= 0.6 is 0 Å². The summed E-state index contributed by atoms with van der Waals surface area (Å²) in [5.74, 6) is 0. The standard InChI is InChI=1S/C18H26N4O3/c1-11-4-5-15(12(2)10-11)13(3)19-16-20-17(23)22(18(24)21-16)14-6-8-25-9-7-14/h4-5,10,13-14,16,19H,6-9H2,1-3H3,(H,20,23)(H,21,24)/t13-/m0/s1. The Morgan fingerprint density at radius 2 is 1.80 bits per heavy atom. The Bertz CT molecular complexity index is 640. The SMILES string of the molecule is Cc1ccc([C@H](C)NC2NC(=O)N(C3CCOCC3)C(=O)N2)c(C)c1. The summed E-state index contributed by atoms with van der Waals surface area (Å²) in [5.41, 5.74) is 3.53. The summed E-state index contributed by atoms with van der Waals surface area (Å²) >= 11 is 0. The van der Waals surface area contributed by atoms with Crippen LogP contribution in [0.5, 0.6) is 0 Å². The summed E-state index contributed by atoms with van der Waals surface area (Å²) in [5, 5.41) is 8.92. The maximum absolute atomic E-state index is 12.4. The number of nitrogens with one attached hydrogen (secondary N) is 3. The highest BCUT2D eigenvalue weighted by atomic mass is 16.5. The average Bonchev–Trinajstić information content (AvgIpc) is 2.55. The van der Waals surface area contributed by atoms with Gasteiger partial charge >= 0.3 is 12.1 Å². The number of hydrogen-bond acceptors (Lipinski definition) is 4. The average molecular weight is 346 g/mol. The molecule has 0 spiro atoms. The van der Waals surface area contributed by atoms with Crippen LogP contribution in [0.15, 0.2) is 18.2 Å². The van der Waals surface area contributed by atoms with Gasteiger partial charge in [0, 0.05) is 25.3 Å². The van der Waals surface area contributed by atoms with Gasteiger partial charge in [0.15, 0.2) is 6.29 Å². The Morgan fingerprint density at radius 1 is 1.16 bits per heavy atom. The summed E-state index contributed by atoms with van der Waals surface area (Å²) in [6.07, 6.45) is 0.766. The normalized spacial score (nSPS) is 21.0. The smallest absolute Gasteiger partial charge is 0.328 e. The molecule has 2 saturated heterocycles. The van der Waals surface area contributed by atoms with Gasteiger partial charge in [0.2, 0.25) is 0 Å². The van der Waals surface area contributed by atoms with Crippen LogP contribution in [0, 0.1) is 13.8 Å². The van der Waals surface area contributed by atoms with Crippen LogP contribution in [-0.2, 0) is 4.74 Å². The van der Waals surface area contributed by atoms with Crippen molar-refractivity contribution in [2.75, 3.05) is 13.2 Å². The molecule has 4 amide bonds. The van der Waals surface area contributed by atoms with E-state index in [0.717, 1.165) is 5.56 Å². The molecule has 25 heavy (non-hydrogen) atoms. The highest BCUT2D eigenvalue weighted by Crippen LogP contribution is 2.20. The maximum atomic E-state index is 12.4. The van der Waals surface area contributed by atoms with E-state index >= 15 is 0 Å². The van der Waals surface area contributed by atoms with Crippen LogP contribution in [0.3, 0.4) is 0 Å². The summed E-state index contributed by atoms with van der Waals surface area (Å²) < 4.78 is 5.30. The third-order valence-corrected chi connectivity index (χ3v) is 4.84. The summed E-state index contributed by atoms with van der Waals surface area (Å²) in [6, 6.07) is 5.42. The van der Waals surface area contributed by atoms with Crippen molar-refractivity contribution in [1.82, 2.24) is 20.9 Å². The zero-order valence-electron chi connectivity index (χ0n) is 15.0.